The molecule has 1 aromatic heterocycles. The van der Waals surface area contributed by atoms with E-state index in [1.807, 2.05) is 24.2 Å². The third-order valence-corrected chi connectivity index (χ3v) is 4.13. The van der Waals surface area contributed by atoms with E-state index in [0.29, 0.717) is 6.04 Å². The van der Waals surface area contributed by atoms with Gasteiger partial charge in [0.15, 0.2) is 0 Å². The average molecular weight is 286 g/mol. The van der Waals surface area contributed by atoms with E-state index < -0.39 is 0 Å². The van der Waals surface area contributed by atoms with Crippen LogP contribution < -0.4 is 5.32 Å². The fourth-order valence-electron chi connectivity index (χ4n) is 2.27. The highest BCUT2D eigenvalue weighted by atomic mass is 32.2. The Morgan fingerprint density at radius 2 is 1.75 bits per heavy atom. The molecule has 2 rings (SSSR count). The Morgan fingerprint density at radius 1 is 1.05 bits per heavy atom. The molecule has 106 valence electrons. The van der Waals surface area contributed by atoms with Crippen LogP contribution in [0.3, 0.4) is 0 Å². The van der Waals surface area contributed by atoms with Crippen LogP contribution in [0.1, 0.15) is 31.0 Å². The maximum atomic E-state index is 4.08. The van der Waals surface area contributed by atoms with Crippen molar-refractivity contribution in [1.29, 1.82) is 0 Å². The summed E-state index contributed by atoms with van der Waals surface area (Å²) in [7, 11) is 0. The molecule has 0 bridgehead atoms. The molecule has 1 unspecified atom stereocenters. The van der Waals surface area contributed by atoms with Crippen LogP contribution >= 0.6 is 11.8 Å². The van der Waals surface area contributed by atoms with E-state index in [9.17, 15) is 0 Å². The number of hydrogen-bond donors (Lipinski definition) is 1. The minimum absolute atomic E-state index is 0.364. The zero-order chi connectivity index (χ0) is 14.2. The van der Waals surface area contributed by atoms with Gasteiger partial charge in [-0.3, -0.25) is 4.98 Å². The molecule has 1 heterocycles. The van der Waals surface area contributed by atoms with Crippen LogP contribution in [0.25, 0.3) is 0 Å². The predicted octanol–water partition coefficient (Wildman–Crippen LogP) is 4.09. The number of nitrogens with one attached hydrogen (secondary N) is 1. The van der Waals surface area contributed by atoms with Gasteiger partial charge in [-0.05, 0) is 54.1 Å². The van der Waals surface area contributed by atoms with E-state index >= 15 is 0 Å². The van der Waals surface area contributed by atoms with Crippen LogP contribution in [0, 0.1) is 0 Å². The van der Waals surface area contributed by atoms with Crippen molar-refractivity contribution < 1.29 is 0 Å². The topological polar surface area (TPSA) is 24.9 Å². The molecule has 20 heavy (non-hydrogen) atoms. The summed E-state index contributed by atoms with van der Waals surface area (Å²) >= 11 is 1.88. The molecule has 0 amide bonds. The molecule has 0 fully saturated rings. The van der Waals surface area contributed by atoms with Gasteiger partial charge in [0.1, 0.15) is 0 Å². The number of pyridine rings is 1. The van der Waals surface area contributed by atoms with E-state index in [1.165, 1.54) is 16.0 Å². The lowest BCUT2D eigenvalue weighted by atomic mass is 9.99. The van der Waals surface area contributed by atoms with Gasteiger partial charge < -0.3 is 5.32 Å². The Labute approximate surface area is 126 Å². The number of thioether (sulfide) groups is 1. The SMILES string of the molecule is CCNC(Cc1ccncc1)c1ccc(SCC)cc1. The quantitative estimate of drug-likeness (QED) is 0.776. The normalized spacial score (nSPS) is 12.3. The van der Waals surface area contributed by atoms with E-state index in [0.717, 1.165) is 18.7 Å². The highest BCUT2D eigenvalue weighted by Gasteiger charge is 2.11. The maximum absolute atomic E-state index is 4.08. The molecule has 1 atom stereocenters. The summed E-state index contributed by atoms with van der Waals surface area (Å²) in [6, 6.07) is 13.5. The molecule has 0 aliphatic rings. The molecule has 0 saturated heterocycles. The number of rotatable bonds is 7. The van der Waals surface area contributed by atoms with Crippen molar-refractivity contribution in [3.05, 3.63) is 59.9 Å². The maximum Gasteiger partial charge on any atom is 0.0360 e. The highest BCUT2D eigenvalue weighted by molar-refractivity contribution is 7.99. The van der Waals surface area contributed by atoms with Crippen LogP contribution in [-0.2, 0) is 6.42 Å². The number of benzene rings is 1. The van der Waals surface area contributed by atoms with Gasteiger partial charge in [-0.15, -0.1) is 11.8 Å². The Balaban J connectivity index is 2.11. The van der Waals surface area contributed by atoms with Gasteiger partial charge in [0.25, 0.3) is 0 Å². The molecular formula is C17H22N2S. The standard InChI is InChI=1S/C17H22N2S/c1-3-19-17(13-14-9-11-18-12-10-14)15-5-7-16(8-6-15)20-4-2/h5-12,17,19H,3-4,13H2,1-2H3. The van der Waals surface area contributed by atoms with Gasteiger partial charge >= 0.3 is 0 Å². The van der Waals surface area contributed by atoms with Crippen LogP contribution in [-0.4, -0.2) is 17.3 Å². The molecule has 2 aromatic rings. The number of likely N-dealkylation sites (N-methyl/N-ethyl adjacent to an activating group) is 1. The second-order valence-electron chi connectivity index (χ2n) is 4.67. The number of hydrogen-bond acceptors (Lipinski definition) is 3. The van der Waals surface area contributed by atoms with Crippen molar-refractivity contribution in [2.75, 3.05) is 12.3 Å². The van der Waals surface area contributed by atoms with Crippen LogP contribution in [0.4, 0.5) is 0 Å². The lowest BCUT2D eigenvalue weighted by molar-refractivity contribution is 0.549. The lowest BCUT2D eigenvalue weighted by Crippen LogP contribution is -2.22. The largest absolute Gasteiger partial charge is 0.310 e. The van der Waals surface area contributed by atoms with Crippen molar-refractivity contribution in [2.45, 2.75) is 31.2 Å². The van der Waals surface area contributed by atoms with Gasteiger partial charge in [0, 0.05) is 23.3 Å². The molecule has 0 aliphatic carbocycles. The first-order valence-corrected chi connectivity index (χ1v) is 8.17. The third-order valence-electron chi connectivity index (χ3n) is 3.23. The Hall–Kier alpha value is -1.32. The minimum Gasteiger partial charge on any atom is -0.310 e. The summed E-state index contributed by atoms with van der Waals surface area (Å²) in [5, 5.41) is 3.57. The molecule has 0 saturated carbocycles. The van der Waals surface area contributed by atoms with Gasteiger partial charge in [0.05, 0.1) is 0 Å². The molecule has 0 spiro atoms. The van der Waals surface area contributed by atoms with Crippen molar-refractivity contribution in [2.24, 2.45) is 0 Å². The van der Waals surface area contributed by atoms with E-state index in [4.69, 9.17) is 0 Å². The van der Waals surface area contributed by atoms with Crippen LogP contribution in [0.15, 0.2) is 53.7 Å². The number of nitrogens with zero attached hydrogens (tertiary/aromatic N) is 1. The molecule has 2 nitrogen and oxygen atoms in total. The second kappa shape index (κ2) is 8.08. The van der Waals surface area contributed by atoms with Gasteiger partial charge in [0.2, 0.25) is 0 Å². The zero-order valence-electron chi connectivity index (χ0n) is 12.2. The van der Waals surface area contributed by atoms with Crippen LogP contribution in [0.5, 0.6) is 0 Å². The first-order chi connectivity index (χ1) is 9.83. The summed E-state index contributed by atoms with van der Waals surface area (Å²) in [5.41, 5.74) is 2.67. The smallest absolute Gasteiger partial charge is 0.0360 e. The molecule has 3 heteroatoms. The molecule has 0 aliphatic heterocycles. The van der Waals surface area contributed by atoms with Gasteiger partial charge in [-0.1, -0.05) is 26.0 Å². The third kappa shape index (κ3) is 4.36. The van der Waals surface area contributed by atoms with Gasteiger partial charge in [-0.2, -0.15) is 0 Å². The lowest BCUT2D eigenvalue weighted by Gasteiger charge is -2.19. The Kier molecular flexibility index (Phi) is 6.09. The number of aromatic nitrogens is 1. The van der Waals surface area contributed by atoms with E-state index in [2.05, 4.69) is 60.5 Å². The van der Waals surface area contributed by atoms with Crippen molar-refractivity contribution in [3.63, 3.8) is 0 Å². The second-order valence-corrected chi connectivity index (χ2v) is 6.01. The molecular weight excluding hydrogens is 264 g/mol. The van der Waals surface area contributed by atoms with Gasteiger partial charge in [-0.25, -0.2) is 0 Å². The summed E-state index contributed by atoms with van der Waals surface area (Å²) in [6.07, 6.45) is 4.72. The van der Waals surface area contributed by atoms with Crippen molar-refractivity contribution in [1.82, 2.24) is 10.3 Å². The van der Waals surface area contributed by atoms with Crippen LogP contribution in [0.2, 0.25) is 0 Å². The fraction of sp³-hybridized carbons (Fsp3) is 0.353. The first kappa shape index (κ1) is 15.1. The summed E-state index contributed by atoms with van der Waals surface area (Å²) < 4.78 is 0. The van der Waals surface area contributed by atoms with E-state index in [-0.39, 0.29) is 0 Å². The molecule has 0 radical (unpaired) electrons. The summed E-state index contributed by atoms with van der Waals surface area (Å²) in [6.45, 7) is 5.31. The monoisotopic (exact) mass is 286 g/mol. The Bertz CT molecular complexity index is 496. The fourth-order valence-corrected chi connectivity index (χ4v) is 2.93. The predicted molar refractivity (Wildman–Crippen MR) is 87.2 cm³/mol. The van der Waals surface area contributed by atoms with Crippen molar-refractivity contribution >= 4 is 11.8 Å². The van der Waals surface area contributed by atoms with E-state index in [1.54, 1.807) is 0 Å². The Morgan fingerprint density at radius 3 is 2.35 bits per heavy atom. The zero-order valence-corrected chi connectivity index (χ0v) is 13.0. The highest BCUT2D eigenvalue weighted by Crippen LogP contribution is 2.23. The van der Waals surface area contributed by atoms with Crippen molar-refractivity contribution in [3.8, 4) is 0 Å². The molecule has 1 aromatic carbocycles. The average Bonchev–Trinajstić information content (AvgIpc) is 2.49. The minimum atomic E-state index is 0.364. The molecule has 1 N–H and O–H groups in total. The summed E-state index contributed by atoms with van der Waals surface area (Å²) in [4.78, 5) is 5.42. The summed E-state index contributed by atoms with van der Waals surface area (Å²) in [5.74, 6) is 1.12. The first-order valence-electron chi connectivity index (χ1n) is 7.18.